The predicted octanol–water partition coefficient (Wildman–Crippen LogP) is 4.05. The van der Waals surface area contributed by atoms with Gasteiger partial charge in [0.05, 0.1) is 0 Å². The first kappa shape index (κ1) is 18.2. The Morgan fingerprint density at radius 2 is 2.00 bits per heavy atom. The van der Waals surface area contributed by atoms with Gasteiger partial charge >= 0.3 is 0 Å². The first-order valence-electron chi connectivity index (χ1n) is 8.65. The lowest BCUT2D eigenvalue weighted by Crippen LogP contribution is -2.43. The van der Waals surface area contributed by atoms with Gasteiger partial charge < -0.3 is 9.73 Å². The molecule has 5 nitrogen and oxygen atoms in total. The maximum Gasteiger partial charge on any atom is 0.262 e. The monoisotopic (exact) mass is 369 g/mol. The van der Waals surface area contributed by atoms with Gasteiger partial charge in [-0.2, -0.15) is 0 Å². The lowest BCUT2D eigenvalue weighted by Gasteiger charge is -2.13. The molecule has 3 rings (SSSR count). The fourth-order valence-corrected chi connectivity index (χ4v) is 2.89. The number of anilines is 1. The Morgan fingerprint density at radius 3 is 2.73 bits per heavy atom. The second kappa shape index (κ2) is 7.74. The number of nitrogens with one attached hydrogen (secondary N) is 3. The van der Waals surface area contributed by atoms with Crippen LogP contribution in [0.1, 0.15) is 41.9 Å². The quantitative estimate of drug-likeness (QED) is 0.431. The van der Waals surface area contributed by atoms with Crippen LogP contribution in [0.2, 0.25) is 0 Å². The van der Waals surface area contributed by atoms with E-state index < -0.39 is 0 Å². The van der Waals surface area contributed by atoms with E-state index in [1.54, 1.807) is 6.08 Å². The molecule has 136 valence electrons. The highest BCUT2D eigenvalue weighted by Crippen LogP contribution is 2.47. The highest BCUT2D eigenvalue weighted by Gasteiger charge is 2.36. The molecule has 1 aromatic carbocycles. The molecule has 2 atom stereocenters. The van der Waals surface area contributed by atoms with E-state index in [2.05, 4.69) is 23.1 Å². The first-order valence-corrected chi connectivity index (χ1v) is 9.06. The Labute approximate surface area is 158 Å². The molecule has 6 heteroatoms. The molecule has 1 aliphatic rings. The molecule has 1 aromatic heterocycles. The molecule has 1 saturated carbocycles. The number of hydrogen-bond acceptors (Lipinski definition) is 3. The third-order valence-corrected chi connectivity index (χ3v) is 4.88. The van der Waals surface area contributed by atoms with Crippen LogP contribution in [-0.2, 0) is 4.79 Å². The van der Waals surface area contributed by atoms with Gasteiger partial charge in [-0.05, 0) is 73.8 Å². The van der Waals surface area contributed by atoms with Crippen LogP contribution >= 0.6 is 12.2 Å². The lowest BCUT2D eigenvalue weighted by molar-refractivity contribution is -0.116. The average molecular weight is 369 g/mol. The van der Waals surface area contributed by atoms with Crippen molar-refractivity contribution >= 4 is 35.0 Å². The Morgan fingerprint density at radius 1 is 1.23 bits per heavy atom. The minimum absolute atomic E-state index is 0.312. The second-order valence-corrected chi connectivity index (χ2v) is 7.12. The van der Waals surface area contributed by atoms with Gasteiger partial charge in [-0.1, -0.05) is 19.1 Å². The van der Waals surface area contributed by atoms with Crippen LogP contribution in [0, 0.1) is 19.8 Å². The highest BCUT2D eigenvalue weighted by molar-refractivity contribution is 7.80. The molecule has 26 heavy (non-hydrogen) atoms. The van der Waals surface area contributed by atoms with Crippen molar-refractivity contribution < 1.29 is 9.21 Å². The largest absolute Gasteiger partial charge is 0.461 e. The fourth-order valence-electron chi connectivity index (χ4n) is 2.73. The molecule has 0 spiro atoms. The molecule has 0 bridgehead atoms. The Bertz CT molecular complexity index is 856. The minimum Gasteiger partial charge on any atom is -0.461 e. The summed E-state index contributed by atoms with van der Waals surface area (Å²) < 4.78 is 5.73. The van der Waals surface area contributed by atoms with Crippen molar-refractivity contribution in [2.45, 2.75) is 33.1 Å². The smallest absolute Gasteiger partial charge is 0.262 e. The summed E-state index contributed by atoms with van der Waals surface area (Å²) in [5.74, 6) is 2.57. The number of thiocarbonyl (C=S) groups is 1. The standard InChI is InChI=1S/C20H23N3O2S/c1-12-5-4-6-17(14(12)3)21-20(26)23-22-19(24)10-8-15-7-9-18(25-15)16-11-13(16)2/h4-10,13,16H,11H2,1-3H3,(H,22,24)(H2,21,23,26)/b10-8+. The summed E-state index contributed by atoms with van der Waals surface area (Å²) in [7, 11) is 0. The SMILES string of the molecule is Cc1cccc(NC(=S)NNC(=O)/C=C/c2ccc(C3CC3C)o2)c1C. The van der Waals surface area contributed by atoms with Crippen LogP contribution in [0.3, 0.4) is 0 Å². The van der Waals surface area contributed by atoms with Crippen molar-refractivity contribution in [3.63, 3.8) is 0 Å². The zero-order chi connectivity index (χ0) is 18.7. The summed E-state index contributed by atoms with van der Waals surface area (Å²) in [5, 5.41) is 3.39. The van der Waals surface area contributed by atoms with Gasteiger partial charge in [-0.25, -0.2) is 0 Å². The van der Waals surface area contributed by atoms with E-state index in [1.807, 2.05) is 44.2 Å². The summed E-state index contributed by atoms with van der Waals surface area (Å²) >= 11 is 5.21. The fraction of sp³-hybridized carbons (Fsp3) is 0.300. The zero-order valence-corrected chi connectivity index (χ0v) is 15.9. The van der Waals surface area contributed by atoms with Crippen molar-refractivity contribution in [1.29, 1.82) is 0 Å². The molecular formula is C20H23N3O2S. The average Bonchev–Trinajstić information content (AvgIpc) is 3.16. The number of aryl methyl sites for hydroxylation is 1. The predicted molar refractivity (Wildman–Crippen MR) is 108 cm³/mol. The number of benzene rings is 1. The molecule has 2 aromatic rings. The Kier molecular flexibility index (Phi) is 5.42. The molecule has 3 N–H and O–H groups in total. The van der Waals surface area contributed by atoms with Crippen LogP contribution in [0.15, 0.2) is 40.8 Å². The molecule has 1 aliphatic carbocycles. The van der Waals surface area contributed by atoms with Gasteiger partial charge in [0.2, 0.25) is 0 Å². The van der Waals surface area contributed by atoms with E-state index >= 15 is 0 Å². The van der Waals surface area contributed by atoms with Crippen LogP contribution in [0.25, 0.3) is 6.08 Å². The van der Waals surface area contributed by atoms with E-state index in [0.717, 1.165) is 17.0 Å². The first-order chi connectivity index (χ1) is 12.4. The van der Waals surface area contributed by atoms with Crippen molar-refractivity contribution in [2.24, 2.45) is 5.92 Å². The van der Waals surface area contributed by atoms with Gasteiger partial charge in [-0.3, -0.25) is 15.6 Å². The Balaban J connectivity index is 1.46. The van der Waals surface area contributed by atoms with Crippen molar-refractivity contribution in [1.82, 2.24) is 10.9 Å². The number of carbonyl (C=O) groups excluding carboxylic acids is 1. The van der Waals surface area contributed by atoms with Crippen LogP contribution < -0.4 is 16.2 Å². The number of hydrazine groups is 1. The maximum absolute atomic E-state index is 11.9. The number of carbonyl (C=O) groups is 1. The van der Waals surface area contributed by atoms with Gasteiger partial charge in [0.15, 0.2) is 5.11 Å². The molecule has 1 heterocycles. The summed E-state index contributed by atoms with van der Waals surface area (Å²) in [4.78, 5) is 11.9. The van der Waals surface area contributed by atoms with Gasteiger partial charge in [0.25, 0.3) is 5.91 Å². The summed E-state index contributed by atoms with van der Waals surface area (Å²) in [5.41, 5.74) is 8.42. The van der Waals surface area contributed by atoms with Crippen LogP contribution in [0.5, 0.6) is 0 Å². The van der Waals surface area contributed by atoms with E-state index in [9.17, 15) is 4.79 Å². The third kappa shape index (κ3) is 4.52. The minimum atomic E-state index is -0.312. The van der Waals surface area contributed by atoms with E-state index in [0.29, 0.717) is 22.7 Å². The van der Waals surface area contributed by atoms with Crippen molar-refractivity contribution in [3.05, 3.63) is 59.1 Å². The van der Waals surface area contributed by atoms with E-state index in [4.69, 9.17) is 16.6 Å². The molecule has 0 radical (unpaired) electrons. The molecule has 1 amide bonds. The van der Waals surface area contributed by atoms with Crippen molar-refractivity contribution in [3.8, 4) is 0 Å². The maximum atomic E-state index is 11.9. The molecule has 2 unspecified atom stereocenters. The number of rotatable bonds is 4. The number of furan rings is 1. The lowest BCUT2D eigenvalue weighted by atomic mass is 10.1. The van der Waals surface area contributed by atoms with Gasteiger partial charge in [0, 0.05) is 17.7 Å². The molecular weight excluding hydrogens is 346 g/mol. The molecule has 1 fully saturated rings. The van der Waals surface area contributed by atoms with Gasteiger partial charge in [-0.15, -0.1) is 0 Å². The number of hydrogen-bond donors (Lipinski definition) is 3. The summed E-state index contributed by atoms with van der Waals surface area (Å²) in [6, 6.07) is 9.78. The van der Waals surface area contributed by atoms with E-state index in [-0.39, 0.29) is 5.91 Å². The van der Waals surface area contributed by atoms with Gasteiger partial charge in [0.1, 0.15) is 11.5 Å². The molecule has 0 saturated heterocycles. The van der Waals surface area contributed by atoms with Crippen molar-refractivity contribution in [2.75, 3.05) is 5.32 Å². The Hall–Kier alpha value is -2.60. The normalized spacial score (nSPS) is 18.6. The van der Waals surface area contributed by atoms with Crippen LogP contribution in [-0.4, -0.2) is 11.0 Å². The summed E-state index contributed by atoms with van der Waals surface area (Å²) in [6.45, 7) is 6.26. The number of amides is 1. The van der Waals surface area contributed by atoms with Crippen LogP contribution in [0.4, 0.5) is 5.69 Å². The summed E-state index contributed by atoms with van der Waals surface area (Å²) in [6.07, 6.45) is 4.23. The second-order valence-electron chi connectivity index (χ2n) is 6.71. The molecule has 0 aliphatic heterocycles. The third-order valence-electron chi connectivity index (χ3n) is 4.67. The zero-order valence-electron chi connectivity index (χ0n) is 15.1. The topological polar surface area (TPSA) is 66.3 Å². The highest BCUT2D eigenvalue weighted by atomic mass is 32.1. The van der Waals surface area contributed by atoms with E-state index in [1.165, 1.54) is 18.1 Å².